The van der Waals surface area contributed by atoms with E-state index in [2.05, 4.69) is 19.1 Å². The van der Waals surface area contributed by atoms with E-state index in [1.165, 1.54) is 5.56 Å². The van der Waals surface area contributed by atoms with E-state index in [1.54, 1.807) is 28.1 Å². The zero-order chi connectivity index (χ0) is 19.5. The molecule has 1 aliphatic heterocycles. The summed E-state index contributed by atoms with van der Waals surface area (Å²) in [6.07, 6.45) is 0.854. The molecular weight excluding hydrogens is 388 g/mol. The number of hydrogen-bond acceptors (Lipinski definition) is 5. The fourth-order valence-electron chi connectivity index (χ4n) is 3.21. The first-order valence-corrected chi connectivity index (χ1v) is 11.3. The summed E-state index contributed by atoms with van der Waals surface area (Å²) in [7, 11) is 0. The summed E-state index contributed by atoms with van der Waals surface area (Å²) >= 11 is 3.23. The highest BCUT2D eigenvalue weighted by Gasteiger charge is 2.23. The molecular formula is C22H22N2O2S2. The van der Waals surface area contributed by atoms with Crippen molar-refractivity contribution in [3.63, 3.8) is 0 Å². The van der Waals surface area contributed by atoms with Crippen molar-refractivity contribution < 1.29 is 4.74 Å². The minimum absolute atomic E-state index is 0.0272. The Morgan fingerprint density at radius 1 is 1.18 bits per heavy atom. The van der Waals surface area contributed by atoms with Crippen LogP contribution in [-0.4, -0.2) is 21.9 Å². The van der Waals surface area contributed by atoms with Crippen LogP contribution in [0.4, 0.5) is 0 Å². The molecule has 144 valence electrons. The van der Waals surface area contributed by atoms with E-state index in [0.29, 0.717) is 6.61 Å². The highest BCUT2D eigenvalue weighted by Crippen LogP contribution is 2.36. The van der Waals surface area contributed by atoms with Crippen LogP contribution in [0.3, 0.4) is 0 Å². The van der Waals surface area contributed by atoms with Gasteiger partial charge in [-0.1, -0.05) is 42.1 Å². The van der Waals surface area contributed by atoms with Crippen LogP contribution in [0.5, 0.6) is 5.75 Å². The molecule has 0 spiro atoms. The second-order valence-corrected chi connectivity index (χ2v) is 8.92. The third kappa shape index (κ3) is 3.84. The number of ether oxygens (including phenoxy) is 1. The molecule has 2 aromatic carbocycles. The largest absolute Gasteiger partial charge is 0.494 e. The van der Waals surface area contributed by atoms with Crippen molar-refractivity contribution in [2.75, 3.05) is 12.4 Å². The summed E-state index contributed by atoms with van der Waals surface area (Å²) in [4.78, 5) is 18.9. The second kappa shape index (κ2) is 8.45. The van der Waals surface area contributed by atoms with Crippen LogP contribution in [0, 0.1) is 0 Å². The maximum absolute atomic E-state index is 13.3. The molecule has 3 aromatic rings. The Morgan fingerprint density at radius 3 is 2.64 bits per heavy atom. The highest BCUT2D eigenvalue weighted by molar-refractivity contribution is 7.99. The number of rotatable bonds is 6. The van der Waals surface area contributed by atoms with Gasteiger partial charge in [0.1, 0.15) is 5.75 Å². The van der Waals surface area contributed by atoms with Crippen molar-refractivity contribution in [2.45, 2.75) is 35.6 Å². The Bertz CT molecular complexity index is 1020. The van der Waals surface area contributed by atoms with E-state index >= 15 is 0 Å². The number of nitrogens with zero attached hydrogens (tertiary/aromatic N) is 2. The highest BCUT2D eigenvalue weighted by atomic mass is 32.2. The van der Waals surface area contributed by atoms with E-state index in [1.807, 2.05) is 49.4 Å². The standard InChI is InChI=1S/C22H22N2O2S2/c1-3-26-18-11-9-17(10-12-18)24-21(25)20-19(13-14-27-20)23-22(24)28-15(2)16-7-5-4-6-8-16/h4-12,15H,3,13-14H2,1-2H3/t15-/m0/s1. The maximum atomic E-state index is 13.3. The smallest absolute Gasteiger partial charge is 0.272 e. The summed E-state index contributed by atoms with van der Waals surface area (Å²) in [6, 6.07) is 18.0. The summed E-state index contributed by atoms with van der Waals surface area (Å²) < 4.78 is 7.29. The van der Waals surface area contributed by atoms with E-state index in [-0.39, 0.29) is 10.8 Å². The quantitative estimate of drug-likeness (QED) is 0.416. The summed E-state index contributed by atoms with van der Waals surface area (Å²) in [5.74, 6) is 1.72. The number of hydrogen-bond donors (Lipinski definition) is 0. The molecule has 0 saturated carbocycles. The molecule has 1 atom stereocenters. The number of benzene rings is 2. The molecule has 1 aliphatic rings. The molecule has 28 heavy (non-hydrogen) atoms. The Balaban J connectivity index is 1.77. The SMILES string of the molecule is CCOc1ccc(-n2c(S[C@@H](C)c3ccccc3)nc3c(c2=O)SCC3)cc1. The predicted octanol–water partition coefficient (Wildman–Crippen LogP) is 5.13. The van der Waals surface area contributed by atoms with E-state index in [4.69, 9.17) is 9.72 Å². The molecule has 2 heterocycles. The normalized spacial score (nSPS) is 13.9. The molecule has 0 unspecified atom stereocenters. The van der Waals surface area contributed by atoms with E-state index < -0.39 is 0 Å². The minimum atomic E-state index is 0.0272. The number of thioether (sulfide) groups is 2. The lowest BCUT2D eigenvalue weighted by Crippen LogP contribution is -2.24. The Hall–Kier alpha value is -2.18. The van der Waals surface area contributed by atoms with E-state index in [0.717, 1.165) is 39.4 Å². The van der Waals surface area contributed by atoms with Crippen molar-refractivity contribution in [2.24, 2.45) is 0 Å². The molecule has 0 radical (unpaired) electrons. The lowest BCUT2D eigenvalue weighted by Gasteiger charge is -2.17. The minimum Gasteiger partial charge on any atom is -0.494 e. The zero-order valence-corrected chi connectivity index (χ0v) is 17.6. The summed E-state index contributed by atoms with van der Waals surface area (Å²) in [5.41, 5.74) is 2.99. The van der Waals surface area contributed by atoms with Gasteiger partial charge in [0, 0.05) is 17.4 Å². The number of fused-ring (bicyclic) bond motifs is 1. The molecule has 0 N–H and O–H groups in total. The van der Waals surface area contributed by atoms with Gasteiger partial charge in [-0.2, -0.15) is 0 Å². The van der Waals surface area contributed by atoms with Crippen molar-refractivity contribution in [1.82, 2.24) is 9.55 Å². The molecule has 1 aromatic heterocycles. The van der Waals surface area contributed by atoms with Gasteiger partial charge in [0.15, 0.2) is 5.16 Å². The van der Waals surface area contributed by atoms with Gasteiger partial charge < -0.3 is 4.74 Å². The van der Waals surface area contributed by atoms with Gasteiger partial charge in [0.25, 0.3) is 5.56 Å². The van der Waals surface area contributed by atoms with Gasteiger partial charge >= 0.3 is 0 Å². The van der Waals surface area contributed by atoms with Crippen LogP contribution < -0.4 is 10.3 Å². The first-order chi connectivity index (χ1) is 13.7. The van der Waals surface area contributed by atoms with Gasteiger partial charge in [-0.15, -0.1) is 11.8 Å². The summed E-state index contributed by atoms with van der Waals surface area (Å²) in [5, 5.41) is 0.931. The van der Waals surface area contributed by atoms with Crippen LogP contribution in [-0.2, 0) is 6.42 Å². The maximum Gasteiger partial charge on any atom is 0.272 e. The number of aromatic nitrogens is 2. The third-order valence-corrected chi connectivity index (χ3v) is 6.84. The second-order valence-electron chi connectivity index (χ2n) is 6.51. The van der Waals surface area contributed by atoms with Gasteiger partial charge in [-0.05, 0) is 43.7 Å². The molecule has 6 heteroatoms. The van der Waals surface area contributed by atoms with E-state index in [9.17, 15) is 4.79 Å². The molecule has 0 fully saturated rings. The molecule has 4 rings (SSSR count). The Morgan fingerprint density at radius 2 is 1.93 bits per heavy atom. The molecule has 4 nitrogen and oxygen atoms in total. The molecule has 0 bridgehead atoms. The lowest BCUT2D eigenvalue weighted by atomic mass is 10.2. The fourth-order valence-corrected chi connectivity index (χ4v) is 5.30. The average Bonchev–Trinajstić information content (AvgIpc) is 3.19. The first-order valence-electron chi connectivity index (χ1n) is 9.41. The lowest BCUT2D eigenvalue weighted by molar-refractivity contribution is 0.340. The fraction of sp³-hybridized carbons (Fsp3) is 0.273. The van der Waals surface area contributed by atoms with Crippen LogP contribution in [0.25, 0.3) is 5.69 Å². The van der Waals surface area contributed by atoms with Gasteiger partial charge in [-0.25, -0.2) is 4.98 Å². The van der Waals surface area contributed by atoms with Crippen molar-refractivity contribution >= 4 is 23.5 Å². The van der Waals surface area contributed by atoms with Crippen molar-refractivity contribution in [3.8, 4) is 11.4 Å². The Kier molecular flexibility index (Phi) is 5.78. The molecule has 0 amide bonds. The van der Waals surface area contributed by atoms with Gasteiger partial charge in [0.05, 0.1) is 22.9 Å². The monoisotopic (exact) mass is 410 g/mol. The summed E-state index contributed by atoms with van der Waals surface area (Å²) in [6.45, 7) is 4.72. The topological polar surface area (TPSA) is 44.1 Å². The van der Waals surface area contributed by atoms with Crippen molar-refractivity contribution in [3.05, 3.63) is 76.2 Å². The third-order valence-electron chi connectivity index (χ3n) is 4.62. The van der Waals surface area contributed by atoms with Crippen LogP contribution >= 0.6 is 23.5 Å². The van der Waals surface area contributed by atoms with Crippen molar-refractivity contribution in [1.29, 1.82) is 0 Å². The average molecular weight is 411 g/mol. The van der Waals surface area contributed by atoms with Crippen LogP contribution in [0.1, 0.15) is 30.4 Å². The van der Waals surface area contributed by atoms with Crippen LogP contribution in [0.15, 0.2) is 69.4 Å². The molecule has 0 aliphatic carbocycles. The van der Waals surface area contributed by atoms with Gasteiger partial charge in [-0.3, -0.25) is 9.36 Å². The van der Waals surface area contributed by atoms with Gasteiger partial charge in [0.2, 0.25) is 0 Å². The number of aryl methyl sites for hydroxylation is 1. The first kappa shape index (κ1) is 19.2. The molecule has 0 saturated heterocycles. The van der Waals surface area contributed by atoms with Crippen LogP contribution in [0.2, 0.25) is 0 Å². The predicted molar refractivity (Wildman–Crippen MR) is 116 cm³/mol. The zero-order valence-electron chi connectivity index (χ0n) is 15.9. The Labute approximate surface area is 173 Å².